The first kappa shape index (κ1) is 13.6. The number of rotatable bonds is 6. The third kappa shape index (κ3) is 4.10. The number of benzene rings is 1. The molecule has 1 heterocycles. The van der Waals surface area contributed by atoms with Crippen molar-refractivity contribution in [1.29, 1.82) is 0 Å². The number of nitrogens with one attached hydrogen (secondary N) is 1. The molecule has 1 aromatic carbocycles. The van der Waals surface area contributed by atoms with Gasteiger partial charge in [-0.2, -0.15) is 0 Å². The molecule has 0 saturated heterocycles. The van der Waals surface area contributed by atoms with Crippen LogP contribution in [-0.2, 0) is 13.0 Å². The standard InChI is InChI=1S/C14H16ClNOS/c15-14-7-6-13(18-14)9-16-12(10-17)8-11-4-2-1-3-5-11/h1-7,12,16-17H,8-10H2/t12-/m0/s1. The molecule has 2 N–H and O–H groups in total. The average Bonchev–Trinajstić information content (AvgIpc) is 2.81. The van der Waals surface area contributed by atoms with E-state index in [1.54, 1.807) is 11.3 Å². The van der Waals surface area contributed by atoms with E-state index in [1.165, 1.54) is 10.4 Å². The van der Waals surface area contributed by atoms with Gasteiger partial charge in [0, 0.05) is 17.5 Å². The molecule has 1 aromatic heterocycles. The molecule has 0 radical (unpaired) electrons. The number of hydrogen-bond donors (Lipinski definition) is 2. The van der Waals surface area contributed by atoms with Gasteiger partial charge >= 0.3 is 0 Å². The fourth-order valence-corrected chi connectivity index (χ4v) is 2.83. The molecular weight excluding hydrogens is 266 g/mol. The lowest BCUT2D eigenvalue weighted by atomic mass is 10.1. The predicted octanol–water partition coefficient (Wildman–Crippen LogP) is 3.09. The molecule has 0 aliphatic heterocycles. The first-order valence-electron chi connectivity index (χ1n) is 5.90. The predicted molar refractivity (Wildman–Crippen MR) is 77.2 cm³/mol. The van der Waals surface area contributed by atoms with E-state index in [0.717, 1.165) is 17.3 Å². The molecule has 2 rings (SSSR count). The second kappa shape index (κ2) is 6.90. The number of thiophene rings is 1. The van der Waals surface area contributed by atoms with Crippen LogP contribution in [0.15, 0.2) is 42.5 Å². The van der Waals surface area contributed by atoms with E-state index >= 15 is 0 Å². The average molecular weight is 282 g/mol. The highest BCUT2D eigenvalue weighted by Crippen LogP contribution is 2.21. The van der Waals surface area contributed by atoms with Crippen molar-refractivity contribution < 1.29 is 5.11 Å². The van der Waals surface area contributed by atoms with E-state index in [1.807, 2.05) is 30.3 Å². The summed E-state index contributed by atoms with van der Waals surface area (Å²) in [7, 11) is 0. The monoisotopic (exact) mass is 281 g/mol. The van der Waals surface area contributed by atoms with E-state index in [0.29, 0.717) is 0 Å². The Balaban J connectivity index is 1.86. The van der Waals surface area contributed by atoms with Crippen LogP contribution < -0.4 is 5.32 Å². The van der Waals surface area contributed by atoms with Crippen LogP contribution in [0, 0.1) is 0 Å². The Morgan fingerprint density at radius 2 is 1.94 bits per heavy atom. The number of hydrogen-bond acceptors (Lipinski definition) is 3. The third-order valence-electron chi connectivity index (χ3n) is 2.74. The van der Waals surface area contributed by atoms with Crippen molar-refractivity contribution in [2.75, 3.05) is 6.61 Å². The molecule has 2 nitrogen and oxygen atoms in total. The van der Waals surface area contributed by atoms with Crippen LogP contribution in [-0.4, -0.2) is 17.8 Å². The molecule has 1 atom stereocenters. The van der Waals surface area contributed by atoms with E-state index in [2.05, 4.69) is 17.4 Å². The Labute approximate surface area is 116 Å². The molecule has 0 aliphatic carbocycles. The lowest BCUT2D eigenvalue weighted by molar-refractivity contribution is 0.241. The second-order valence-corrected chi connectivity index (χ2v) is 5.96. The summed E-state index contributed by atoms with van der Waals surface area (Å²) in [6.07, 6.45) is 0.830. The van der Waals surface area contributed by atoms with Crippen LogP contribution in [0.2, 0.25) is 4.34 Å². The highest BCUT2D eigenvalue weighted by atomic mass is 35.5. The van der Waals surface area contributed by atoms with Gasteiger partial charge in [-0.3, -0.25) is 0 Å². The van der Waals surface area contributed by atoms with Gasteiger partial charge in [-0.05, 0) is 24.1 Å². The SMILES string of the molecule is OC[C@H](Cc1ccccc1)NCc1ccc(Cl)s1. The van der Waals surface area contributed by atoms with Crippen molar-refractivity contribution in [3.63, 3.8) is 0 Å². The van der Waals surface area contributed by atoms with Gasteiger partial charge in [0.25, 0.3) is 0 Å². The zero-order valence-corrected chi connectivity index (χ0v) is 11.5. The summed E-state index contributed by atoms with van der Waals surface area (Å²) in [6.45, 7) is 0.878. The topological polar surface area (TPSA) is 32.3 Å². The Morgan fingerprint density at radius 1 is 1.17 bits per heavy atom. The summed E-state index contributed by atoms with van der Waals surface area (Å²) in [5.41, 5.74) is 1.23. The molecule has 0 fully saturated rings. The van der Waals surface area contributed by atoms with Crippen molar-refractivity contribution in [3.05, 3.63) is 57.2 Å². The summed E-state index contributed by atoms with van der Waals surface area (Å²) in [5.74, 6) is 0. The van der Waals surface area contributed by atoms with Crippen LogP contribution in [0.1, 0.15) is 10.4 Å². The molecule has 0 spiro atoms. The molecule has 2 aromatic rings. The van der Waals surface area contributed by atoms with E-state index in [4.69, 9.17) is 11.6 Å². The summed E-state index contributed by atoms with van der Waals surface area (Å²) in [5, 5.41) is 12.7. The quantitative estimate of drug-likeness (QED) is 0.853. The summed E-state index contributed by atoms with van der Waals surface area (Å²) in [6, 6.07) is 14.2. The number of aliphatic hydroxyl groups excluding tert-OH is 1. The lowest BCUT2D eigenvalue weighted by Crippen LogP contribution is -2.33. The van der Waals surface area contributed by atoms with Gasteiger partial charge < -0.3 is 10.4 Å². The highest BCUT2D eigenvalue weighted by Gasteiger charge is 2.08. The normalized spacial score (nSPS) is 12.6. The molecule has 0 unspecified atom stereocenters. The van der Waals surface area contributed by atoms with Crippen molar-refractivity contribution in [3.8, 4) is 0 Å². The van der Waals surface area contributed by atoms with Gasteiger partial charge in [0.15, 0.2) is 0 Å². The van der Waals surface area contributed by atoms with Gasteiger partial charge in [-0.25, -0.2) is 0 Å². The van der Waals surface area contributed by atoms with Crippen LogP contribution in [0.25, 0.3) is 0 Å². The van der Waals surface area contributed by atoms with Crippen LogP contribution >= 0.6 is 22.9 Å². The number of aliphatic hydroxyl groups is 1. The smallest absolute Gasteiger partial charge is 0.0931 e. The van der Waals surface area contributed by atoms with Crippen molar-refractivity contribution in [2.45, 2.75) is 19.0 Å². The minimum absolute atomic E-state index is 0.0771. The molecule has 0 saturated carbocycles. The molecule has 0 bridgehead atoms. The Bertz CT molecular complexity index is 472. The summed E-state index contributed by atoms with van der Waals surface area (Å²) >= 11 is 7.45. The zero-order chi connectivity index (χ0) is 12.8. The van der Waals surface area contributed by atoms with Crippen molar-refractivity contribution in [2.24, 2.45) is 0 Å². The first-order chi connectivity index (χ1) is 8.78. The van der Waals surface area contributed by atoms with E-state index in [-0.39, 0.29) is 12.6 Å². The van der Waals surface area contributed by atoms with Crippen molar-refractivity contribution in [1.82, 2.24) is 5.32 Å². The van der Waals surface area contributed by atoms with Gasteiger partial charge in [-0.15, -0.1) is 11.3 Å². The van der Waals surface area contributed by atoms with Gasteiger partial charge in [0.1, 0.15) is 0 Å². The van der Waals surface area contributed by atoms with Crippen molar-refractivity contribution >= 4 is 22.9 Å². The first-order valence-corrected chi connectivity index (χ1v) is 7.10. The van der Waals surface area contributed by atoms with E-state index < -0.39 is 0 Å². The minimum Gasteiger partial charge on any atom is -0.395 e. The maximum absolute atomic E-state index is 9.39. The summed E-state index contributed by atoms with van der Waals surface area (Å²) in [4.78, 5) is 1.19. The van der Waals surface area contributed by atoms with Crippen LogP contribution in [0.5, 0.6) is 0 Å². The maximum Gasteiger partial charge on any atom is 0.0931 e. The number of halogens is 1. The zero-order valence-electron chi connectivity index (χ0n) is 9.97. The molecule has 0 aliphatic rings. The largest absolute Gasteiger partial charge is 0.395 e. The fourth-order valence-electron chi connectivity index (χ4n) is 1.79. The maximum atomic E-state index is 9.39. The third-order valence-corrected chi connectivity index (χ3v) is 3.97. The molecule has 18 heavy (non-hydrogen) atoms. The summed E-state index contributed by atoms with van der Waals surface area (Å²) < 4.78 is 0.801. The highest BCUT2D eigenvalue weighted by molar-refractivity contribution is 7.16. The lowest BCUT2D eigenvalue weighted by Gasteiger charge is -2.15. The van der Waals surface area contributed by atoms with Gasteiger partial charge in [0.2, 0.25) is 0 Å². The molecule has 0 amide bonds. The molecular formula is C14H16ClNOS. The Morgan fingerprint density at radius 3 is 2.56 bits per heavy atom. The minimum atomic E-state index is 0.0771. The Hall–Kier alpha value is -0.870. The second-order valence-electron chi connectivity index (χ2n) is 4.16. The van der Waals surface area contributed by atoms with Gasteiger partial charge in [-0.1, -0.05) is 41.9 Å². The van der Waals surface area contributed by atoms with E-state index in [9.17, 15) is 5.11 Å². The van der Waals surface area contributed by atoms with Gasteiger partial charge in [0.05, 0.1) is 10.9 Å². The molecule has 96 valence electrons. The molecule has 4 heteroatoms. The van der Waals surface area contributed by atoms with Crippen LogP contribution in [0.4, 0.5) is 0 Å². The Kier molecular flexibility index (Phi) is 5.20. The fraction of sp³-hybridized carbons (Fsp3) is 0.286. The van der Waals surface area contributed by atoms with Crippen LogP contribution in [0.3, 0.4) is 0 Å².